The molecule has 9 heteroatoms. The quantitative estimate of drug-likeness (QED) is 0.262. The molecule has 0 spiro atoms. The Balaban J connectivity index is 1.72. The van der Waals surface area contributed by atoms with Crippen molar-refractivity contribution in [2.24, 2.45) is 5.10 Å². The zero-order chi connectivity index (χ0) is 26.4. The van der Waals surface area contributed by atoms with Gasteiger partial charge in [-0.15, -0.1) is 0 Å². The predicted molar refractivity (Wildman–Crippen MR) is 144 cm³/mol. The summed E-state index contributed by atoms with van der Waals surface area (Å²) in [7, 11) is 0. The average molecular weight is 526 g/mol. The smallest absolute Gasteiger partial charge is 0.347 e. The third-order valence-electron chi connectivity index (χ3n) is 6.32. The van der Waals surface area contributed by atoms with E-state index < -0.39 is 12.1 Å². The van der Waals surface area contributed by atoms with E-state index >= 15 is 0 Å². The third kappa shape index (κ3) is 6.13. The van der Waals surface area contributed by atoms with Crippen molar-refractivity contribution >= 4 is 34.7 Å². The lowest BCUT2D eigenvalue weighted by molar-refractivity contribution is -0.150. The molecule has 1 atom stereocenters. The summed E-state index contributed by atoms with van der Waals surface area (Å²) < 4.78 is 18.0. The van der Waals surface area contributed by atoms with Gasteiger partial charge < -0.3 is 14.2 Å². The molecule has 0 radical (unpaired) electrons. The largest absolute Gasteiger partial charge is 0.490 e. The Labute approximate surface area is 221 Å². The highest BCUT2D eigenvalue weighted by Crippen LogP contribution is 2.37. The highest BCUT2D eigenvalue weighted by Gasteiger charge is 2.23. The van der Waals surface area contributed by atoms with Gasteiger partial charge in [0.15, 0.2) is 17.6 Å². The summed E-state index contributed by atoms with van der Waals surface area (Å²) in [6, 6.07) is 10.7. The molecule has 0 saturated heterocycles. The fourth-order valence-corrected chi connectivity index (χ4v) is 4.79. The molecular weight excluding hydrogens is 494 g/mol. The fraction of sp³-hybridized carbons (Fsp3) is 0.429. The van der Waals surface area contributed by atoms with Crippen LogP contribution in [0.2, 0.25) is 5.02 Å². The Morgan fingerprint density at radius 3 is 2.68 bits per heavy atom. The molecule has 1 heterocycles. The molecule has 1 aliphatic rings. The van der Waals surface area contributed by atoms with Crippen LogP contribution in [0.5, 0.6) is 11.5 Å². The highest BCUT2D eigenvalue weighted by atomic mass is 35.5. The number of carbonyl (C=O) groups excluding carboxylic acids is 1. The molecular formula is C28H32ClN3O5. The van der Waals surface area contributed by atoms with Gasteiger partial charge in [0.05, 0.1) is 35.4 Å². The van der Waals surface area contributed by atoms with Gasteiger partial charge in [-0.3, -0.25) is 4.79 Å². The number of nitrogens with zero attached hydrogens (tertiary/aromatic N) is 3. The maximum absolute atomic E-state index is 13.4. The molecule has 1 fully saturated rings. The number of esters is 1. The summed E-state index contributed by atoms with van der Waals surface area (Å²) >= 11 is 6.54. The van der Waals surface area contributed by atoms with Crippen LogP contribution >= 0.6 is 11.6 Å². The first-order chi connectivity index (χ1) is 17.9. The number of hydrogen-bond donors (Lipinski definition) is 0. The summed E-state index contributed by atoms with van der Waals surface area (Å²) in [5.74, 6) is 0.965. The second-order valence-corrected chi connectivity index (χ2v) is 9.37. The Kier molecular flexibility index (Phi) is 8.82. The SMILES string of the molecule is CCOC(=O)[C@@H](C)Oc1c(Cl)cc(C=Nn2c(C3CCCCC3)nc3ccccc3c2=O)cc1OCC. The van der Waals surface area contributed by atoms with Crippen LogP contribution < -0.4 is 15.0 Å². The second-order valence-electron chi connectivity index (χ2n) is 8.96. The molecule has 1 saturated carbocycles. The number of fused-ring (bicyclic) bond motifs is 1. The van der Waals surface area contributed by atoms with Gasteiger partial charge >= 0.3 is 5.97 Å². The van der Waals surface area contributed by atoms with E-state index in [4.69, 9.17) is 30.8 Å². The molecule has 1 aliphatic carbocycles. The van der Waals surface area contributed by atoms with Gasteiger partial charge in [-0.2, -0.15) is 9.78 Å². The zero-order valence-corrected chi connectivity index (χ0v) is 22.2. The maximum Gasteiger partial charge on any atom is 0.347 e. The first-order valence-corrected chi connectivity index (χ1v) is 13.2. The molecule has 0 amide bonds. The van der Waals surface area contributed by atoms with Crippen LogP contribution in [0, 0.1) is 0 Å². The maximum atomic E-state index is 13.4. The summed E-state index contributed by atoms with van der Waals surface area (Å²) in [6.45, 7) is 5.77. The van der Waals surface area contributed by atoms with Crippen LogP contribution in [-0.4, -0.2) is 41.2 Å². The van der Waals surface area contributed by atoms with E-state index in [0.717, 1.165) is 25.7 Å². The molecule has 2 aromatic carbocycles. The van der Waals surface area contributed by atoms with Crippen molar-refractivity contribution in [3.05, 3.63) is 63.2 Å². The van der Waals surface area contributed by atoms with Gasteiger partial charge in [0.25, 0.3) is 5.56 Å². The zero-order valence-electron chi connectivity index (χ0n) is 21.4. The molecule has 3 aromatic rings. The van der Waals surface area contributed by atoms with Crippen molar-refractivity contribution in [2.45, 2.75) is 64.9 Å². The summed E-state index contributed by atoms with van der Waals surface area (Å²) in [4.78, 5) is 30.3. The van der Waals surface area contributed by atoms with Gasteiger partial charge in [-0.05, 0) is 63.4 Å². The molecule has 8 nitrogen and oxygen atoms in total. The fourth-order valence-electron chi connectivity index (χ4n) is 4.53. The molecule has 196 valence electrons. The van der Waals surface area contributed by atoms with E-state index in [1.165, 1.54) is 11.1 Å². The van der Waals surface area contributed by atoms with E-state index in [2.05, 4.69) is 5.10 Å². The van der Waals surface area contributed by atoms with Crippen LogP contribution in [-0.2, 0) is 9.53 Å². The van der Waals surface area contributed by atoms with Crippen molar-refractivity contribution in [1.82, 2.24) is 9.66 Å². The van der Waals surface area contributed by atoms with Crippen LogP contribution in [0.4, 0.5) is 0 Å². The molecule has 4 rings (SSSR count). The van der Waals surface area contributed by atoms with Crippen LogP contribution in [0.25, 0.3) is 10.9 Å². The highest BCUT2D eigenvalue weighted by molar-refractivity contribution is 6.32. The van der Waals surface area contributed by atoms with E-state index in [1.54, 1.807) is 38.3 Å². The Hall–Kier alpha value is -3.39. The Bertz CT molecular complexity index is 1350. The predicted octanol–water partition coefficient (Wildman–Crippen LogP) is 5.71. The number of halogens is 1. The van der Waals surface area contributed by atoms with Gasteiger partial charge in [-0.25, -0.2) is 9.78 Å². The summed E-state index contributed by atoms with van der Waals surface area (Å²) in [6.07, 6.45) is 6.07. The number of carbonyl (C=O) groups is 1. The lowest BCUT2D eigenvalue weighted by Gasteiger charge is -2.22. The second kappa shape index (κ2) is 12.2. The van der Waals surface area contributed by atoms with E-state index in [-0.39, 0.29) is 28.9 Å². The van der Waals surface area contributed by atoms with Crippen LogP contribution in [0.1, 0.15) is 70.2 Å². The summed E-state index contributed by atoms with van der Waals surface area (Å²) in [5, 5.41) is 5.34. The molecule has 0 aliphatic heterocycles. The lowest BCUT2D eigenvalue weighted by Crippen LogP contribution is -2.26. The number of rotatable bonds is 9. The average Bonchev–Trinajstić information content (AvgIpc) is 2.90. The minimum atomic E-state index is -0.864. The van der Waals surface area contributed by atoms with Crippen LogP contribution in [0.15, 0.2) is 46.3 Å². The van der Waals surface area contributed by atoms with E-state index in [9.17, 15) is 9.59 Å². The normalized spacial score (nSPS) is 15.1. The molecule has 37 heavy (non-hydrogen) atoms. The van der Waals surface area contributed by atoms with Crippen molar-refractivity contribution in [2.75, 3.05) is 13.2 Å². The van der Waals surface area contributed by atoms with Gasteiger partial charge in [0.2, 0.25) is 0 Å². The topological polar surface area (TPSA) is 92.0 Å². The Morgan fingerprint density at radius 1 is 1.19 bits per heavy atom. The first kappa shape index (κ1) is 26.7. The van der Waals surface area contributed by atoms with Crippen molar-refractivity contribution < 1.29 is 19.0 Å². The molecule has 0 unspecified atom stereocenters. The standard InChI is InChI=1S/C28H32ClN3O5/c1-4-35-24-16-19(15-22(29)25(24)37-18(3)28(34)36-5-2)17-30-32-26(20-11-7-6-8-12-20)31-23-14-10-9-13-21(23)27(32)33/h9-10,13-18,20H,4-8,11-12H2,1-3H3/t18-/m1/s1. The van der Waals surface area contributed by atoms with Crippen molar-refractivity contribution in [3.8, 4) is 11.5 Å². The number of aromatic nitrogens is 2. The number of para-hydroxylation sites is 1. The minimum Gasteiger partial charge on any atom is -0.490 e. The lowest BCUT2D eigenvalue weighted by atomic mass is 9.88. The van der Waals surface area contributed by atoms with E-state index in [0.29, 0.717) is 34.6 Å². The van der Waals surface area contributed by atoms with Crippen LogP contribution in [0.3, 0.4) is 0 Å². The molecule has 0 N–H and O–H groups in total. The Morgan fingerprint density at radius 2 is 1.95 bits per heavy atom. The summed E-state index contributed by atoms with van der Waals surface area (Å²) in [5.41, 5.74) is 1.08. The van der Waals surface area contributed by atoms with Crippen molar-refractivity contribution in [3.63, 3.8) is 0 Å². The van der Waals surface area contributed by atoms with Gasteiger partial charge in [0.1, 0.15) is 5.82 Å². The van der Waals surface area contributed by atoms with Crippen molar-refractivity contribution in [1.29, 1.82) is 0 Å². The number of ether oxygens (including phenoxy) is 3. The van der Waals surface area contributed by atoms with Gasteiger partial charge in [-0.1, -0.05) is 43.0 Å². The minimum absolute atomic E-state index is 0.172. The monoisotopic (exact) mass is 525 g/mol. The number of hydrogen-bond acceptors (Lipinski definition) is 7. The first-order valence-electron chi connectivity index (χ1n) is 12.8. The van der Waals surface area contributed by atoms with E-state index in [1.807, 2.05) is 25.1 Å². The molecule has 0 bridgehead atoms. The number of benzene rings is 2. The van der Waals surface area contributed by atoms with Gasteiger partial charge in [0, 0.05) is 5.92 Å². The molecule has 1 aromatic heterocycles. The third-order valence-corrected chi connectivity index (χ3v) is 6.60.